The molecule has 2 nitrogen and oxygen atoms in total. The van der Waals surface area contributed by atoms with Gasteiger partial charge in [-0.25, -0.2) is 0 Å². The van der Waals surface area contributed by atoms with Crippen LogP contribution in [-0.2, 0) is 26.5 Å². The molecule has 135 valence electrons. The molecule has 1 amide bonds. The molecule has 9 saturated carbocycles. The van der Waals surface area contributed by atoms with Gasteiger partial charge in [-0.3, -0.25) is 0 Å². The molecule has 1 radical (unpaired) electrons. The molecule has 9 fully saturated rings. The number of carbonyl (C=O) groups excluding carboxylic acids is 1. The third-order valence-corrected chi connectivity index (χ3v) is 14.5. The summed E-state index contributed by atoms with van der Waals surface area (Å²) >= 11 is 0. The van der Waals surface area contributed by atoms with Crippen LogP contribution < -0.4 is 24.8 Å². The van der Waals surface area contributed by atoms with Crippen molar-refractivity contribution in [1.82, 2.24) is 0 Å². The van der Waals surface area contributed by atoms with E-state index < -0.39 is 8.41 Å². The van der Waals surface area contributed by atoms with Gasteiger partial charge in [-0.05, 0) is 83.6 Å². The maximum atomic E-state index is 12.4. The Morgan fingerprint density at radius 1 is 1.27 bits per heavy atom. The molecule has 6 bridgehead atoms. The van der Waals surface area contributed by atoms with E-state index in [0.717, 1.165) is 41.6 Å². The summed E-state index contributed by atoms with van der Waals surface area (Å²) in [5.41, 5.74) is 17.4. The van der Waals surface area contributed by atoms with Gasteiger partial charge in [0.1, 0.15) is 0 Å². The molecule has 26 heavy (non-hydrogen) atoms. The van der Waals surface area contributed by atoms with Gasteiger partial charge in [0.25, 0.3) is 0 Å². The SMILES string of the molecule is CCC1=C(C)C[Si](C2C3CC4(C([NH-])=O)CC25C2C46C4C6(C3)C245)=C1.[Cl-].[Cl-].[Ti+3]. The number of halogens is 2. The Hall–Kier alpha value is 0.591. The van der Waals surface area contributed by atoms with Crippen molar-refractivity contribution in [3.63, 3.8) is 0 Å². The van der Waals surface area contributed by atoms with E-state index >= 15 is 0 Å². The third-order valence-electron chi connectivity index (χ3n) is 11.0. The van der Waals surface area contributed by atoms with Gasteiger partial charge in [0.05, 0.1) is 5.91 Å². The number of allylic oxidation sites excluding steroid dienone is 2. The smallest absolute Gasteiger partial charge is 1.00 e. The van der Waals surface area contributed by atoms with Crippen molar-refractivity contribution in [3.05, 3.63) is 16.9 Å². The van der Waals surface area contributed by atoms with Gasteiger partial charge in [-0.15, -0.1) is 0 Å². The number of hydrogen-bond acceptors (Lipinski definition) is 1. The second kappa shape index (κ2) is 4.22. The van der Waals surface area contributed by atoms with E-state index in [2.05, 4.69) is 19.5 Å². The fraction of sp³-hybridized carbons (Fsp3) is 0.800. The molecule has 0 aromatic rings. The molecule has 0 aromatic heterocycles. The van der Waals surface area contributed by atoms with Gasteiger partial charge in [0.15, 0.2) is 0 Å². The number of amides is 1. The normalized spacial score (nSPS) is 63.5. The number of rotatable bonds is 3. The van der Waals surface area contributed by atoms with Crippen molar-refractivity contribution in [2.24, 2.45) is 44.8 Å². The van der Waals surface area contributed by atoms with E-state index in [9.17, 15) is 4.79 Å². The summed E-state index contributed by atoms with van der Waals surface area (Å²) < 4.78 is 0. The first-order chi connectivity index (χ1) is 11.0. The molecular weight excluding hydrogens is 417 g/mol. The van der Waals surface area contributed by atoms with Gasteiger partial charge in [-0.2, -0.15) is 0 Å². The Balaban J connectivity index is 0.000000500. The summed E-state index contributed by atoms with van der Waals surface area (Å²) in [5.74, 6) is 2.53. The Morgan fingerprint density at radius 3 is 2.62 bits per heavy atom. The Kier molecular flexibility index (Phi) is 3.02. The minimum absolute atomic E-state index is 0. The van der Waals surface area contributed by atoms with Crippen LogP contribution in [0.15, 0.2) is 11.1 Å². The van der Waals surface area contributed by atoms with Gasteiger partial charge >= 0.3 is 21.7 Å². The Bertz CT molecular complexity index is 904. The predicted molar refractivity (Wildman–Crippen MR) is 89.2 cm³/mol. The first kappa shape index (κ1) is 18.6. The van der Waals surface area contributed by atoms with Crippen molar-refractivity contribution in [3.8, 4) is 0 Å². The van der Waals surface area contributed by atoms with Crippen molar-refractivity contribution < 1.29 is 51.3 Å². The molecule has 9 aliphatic carbocycles. The summed E-state index contributed by atoms with van der Waals surface area (Å²) in [4.78, 5) is 12.4. The molecule has 4 spiro atoms. The van der Waals surface area contributed by atoms with Gasteiger partial charge < -0.3 is 35.3 Å². The average molecular weight is 439 g/mol. The average Bonchev–Trinajstić information content (AvgIpc) is 3.24. The van der Waals surface area contributed by atoms with E-state index in [-0.39, 0.29) is 57.9 Å². The maximum Gasteiger partial charge on any atom is 3.00 e. The van der Waals surface area contributed by atoms with Crippen LogP contribution in [-0.4, -0.2) is 20.0 Å². The molecule has 9 atom stereocenters. The summed E-state index contributed by atoms with van der Waals surface area (Å²) in [5, 5.41) is 0. The zero-order valence-corrected chi connectivity index (χ0v) is 19.2. The molecule has 10 rings (SSSR count). The van der Waals surface area contributed by atoms with E-state index in [0.29, 0.717) is 16.2 Å². The fourth-order valence-corrected chi connectivity index (χ4v) is 15.8. The zero-order chi connectivity index (χ0) is 15.4. The van der Waals surface area contributed by atoms with Crippen LogP contribution >= 0.6 is 0 Å². The van der Waals surface area contributed by atoms with Crippen LogP contribution in [0.25, 0.3) is 5.73 Å². The number of hydrogen-bond donors (Lipinski definition) is 0. The molecule has 10 aliphatic rings. The van der Waals surface area contributed by atoms with Crippen LogP contribution in [0.5, 0.6) is 0 Å². The van der Waals surface area contributed by atoms with Crippen LogP contribution in [0, 0.1) is 44.8 Å². The van der Waals surface area contributed by atoms with Crippen molar-refractivity contribution in [2.45, 2.75) is 51.1 Å². The predicted octanol–water partition coefficient (Wildman–Crippen LogP) is -2.39. The second-order valence-corrected chi connectivity index (χ2v) is 12.8. The molecule has 1 heterocycles. The van der Waals surface area contributed by atoms with E-state index in [4.69, 9.17) is 5.73 Å². The zero-order valence-electron chi connectivity index (χ0n) is 15.1. The quantitative estimate of drug-likeness (QED) is 0.453. The summed E-state index contributed by atoms with van der Waals surface area (Å²) in [6, 6.07) is 1.39. The molecule has 9 unspecified atom stereocenters. The second-order valence-electron chi connectivity index (χ2n) is 10.4. The van der Waals surface area contributed by atoms with Crippen molar-refractivity contribution in [1.29, 1.82) is 0 Å². The van der Waals surface area contributed by atoms with E-state index in [1.54, 1.807) is 11.1 Å². The molecule has 1 N–H and O–H groups in total. The molecular formula is C20H22Cl2NOSiTi. The van der Waals surface area contributed by atoms with Crippen LogP contribution in [0.4, 0.5) is 0 Å². The monoisotopic (exact) mass is 438 g/mol. The maximum absolute atomic E-state index is 12.4. The summed E-state index contributed by atoms with van der Waals surface area (Å²) in [6.07, 6.45) is 4.97. The van der Waals surface area contributed by atoms with Crippen LogP contribution in [0.1, 0.15) is 39.5 Å². The number of nitrogens with one attached hydrogen (secondary N) is 1. The molecule has 6 heteroatoms. The first-order valence-corrected chi connectivity index (χ1v) is 11.5. The van der Waals surface area contributed by atoms with E-state index in [1.807, 2.05) is 0 Å². The van der Waals surface area contributed by atoms with Crippen LogP contribution in [0.3, 0.4) is 0 Å². The van der Waals surface area contributed by atoms with Gasteiger partial charge in [0.2, 0.25) is 0 Å². The van der Waals surface area contributed by atoms with Crippen molar-refractivity contribution >= 4 is 20.0 Å². The Labute approximate surface area is 183 Å². The molecule has 0 saturated heterocycles. The van der Waals surface area contributed by atoms with Crippen LogP contribution in [0.2, 0.25) is 11.6 Å². The van der Waals surface area contributed by atoms with E-state index in [1.165, 1.54) is 18.9 Å². The summed E-state index contributed by atoms with van der Waals surface area (Å²) in [7, 11) is -0.416. The minimum Gasteiger partial charge on any atom is -1.00 e. The van der Waals surface area contributed by atoms with Crippen molar-refractivity contribution in [2.75, 3.05) is 0 Å². The fourth-order valence-electron chi connectivity index (χ4n) is 11.6. The topological polar surface area (TPSA) is 40.9 Å². The molecule has 1 aliphatic heterocycles. The third kappa shape index (κ3) is 1.01. The number of carbonyl (C=O) groups is 1. The minimum atomic E-state index is -0.416. The van der Waals surface area contributed by atoms with Gasteiger partial charge in [0, 0.05) is 13.8 Å². The molecule has 0 aromatic carbocycles. The van der Waals surface area contributed by atoms with Gasteiger partial charge in [-0.1, -0.05) is 23.7 Å². The standard InChI is InChI=1S/C20H23NOSi.2ClH.Ti/c1-3-10-7-23(6-9(10)2)12-11-4-16(15(21)22)8-17(12)13-19(16)14-18(19,5-11)20(13,14)17;;;/h7,11-14H,3-6,8H2,1-2H3,(H2,21,22);2*1H;/q;;;+3/p-3. The Morgan fingerprint density at radius 2 is 2.00 bits per heavy atom. The first-order valence-electron chi connectivity index (χ1n) is 9.67. The summed E-state index contributed by atoms with van der Waals surface area (Å²) in [6.45, 7) is 4.68. The largest absolute Gasteiger partial charge is 3.00 e.